The zero-order chi connectivity index (χ0) is 17.4. The molecule has 3 N–H and O–H groups in total. The zero-order valence-corrected chi connectivity index (χ0v) is 14.9. The number of halogens is 1. The van der Waals surface area contributed by atoms with E-state index in [1.54, 1.807) is 30.3 Å². The summed E-state index contributed by atoms with van der Waals surface area (Å²) >= 11 is 3.42. The molecule has 0 radical (unpaired) electrons. The number of anilines is 1. The van der Waals surface area contributed by atoms with Crippen molar-refractivity contribution >= 4 is 44.3 Å². The van der Waals surface area contributed by atoms with Crippen LogP contribution in [0.3, 0.4) is 0 Å². The zero-order valence-electron chi connectivity index (χ0n) is 13.3. The van der Waals surface area contributed by atoms with Gasteiger partial charge in [0.1, 0.15) is 5.69 Å². The topological polar surface area (TPSA) is 74.0 Å². The normalized spacial score (nSPS) is 13.6. The fourth-order valence-corrected chi connectivity index (χ4v) is 3.08. The number of aromatic amines is 1. The molecule has 1 aliphatic carbocycles. The Kier molecular flexibility index (Phi) is 4.05. The van der Waals surface area contributed by atoms with Crippen LogP contribution in [0.1, 0.15) is 33.7 Å². The molecular weight excluding hydrogens is 382 g/mol. The summed E-state index contributed by atoms with van der Waals surface area (Å²) in [6.07, 6.45) is 2.04. The molecular formula is C19H16BrN3O2. The minimum Gasteiger partial charge on any atom is -0.351 e. The second kappa shape index (κ2) is 6.37. The molecule has 2 aromatic carbocycles. The number of rotatable bonds is 4. The number of hydrogen-bond acceptors (Lipinski definition) is 2. The molecule has 0 unspecified atom stereocenters. The summed E-state index contributed by atoms with van der Waals surface area (Å²) in [6, 6.07) is 14.9. The molecule has 5 nitrogen and oxygen atoms in total. The summed E-state index contributed by atoms with van der Waals surface area (Å²) in [4.78, 5) is 28.0. The number of amides is 2. The maximum atomic E-state index is 12.6. The molecule has 25 heavy (non-hydrogen) atoms. The molecule has 0 aliphatic heterocycles. The van der Waals surface area contributed by atoms with E-state index >= 15 is 0 Å². The molecule has 6 heteroatoms. The first-order chi connectivity index (χ1) is 12.1. The van der Waals surface area contributed by atoms with Crippen molar-refractivity contribution in [3.05, 3.63) is 64.3 Å². The monoisotopic (exact) mass is 397 g/mol. The minimum absolute atomic E-state index is 0.154. The van der Waals surface area contributed by atoms with E-state index in [1.807, 2.05) is 18.2 Å². The van der Waals surface area contributed by atoms with E-state index in [0.29, 0.717) is 16.9 Å². The lowest BCUT2D eigenvalue weighted by atomic mass is 10.1. The Bertz CT molecular complexity index is 976. The van der Waals surface area contributed by atoms with Crippen molar-refractivity contribution in [1.29, 1.82) is 0 Å². The quantitative estimate of drug-likeness (QED) is 0.620. The summed E-state index contributed by atoms with van der Waals surface area (Å²) in [6.45, 7) is 0. The maximum absolute atomic E-state index is 12.6. The minimum atomic E-state index is -0.279. The van der Waals surface area contributed by atoms with Crippen LogP contribution in [0.5, 0.6) is 0 Å². The lowest BCUT2D eigenvalue weighted by Crippen LogP contribution is -2.27. The van der Waals surface area contributed by atoms with Crippen LogP contribution in [-0.2, 0) is 0 Å². The van der Waals surface area contributed by atoms with Gasteiger partial charge >= 0.3 is 0 Å². The second-order valence-corrected chi connectivity index (χ2v) is 7.08. The molecule has 1 heterocycles. The van der Waals surface area contributed by atoms with Crippen LogP contribution in [0.25, 0.3) is 10.9 Å². The highest BCUT2D eigenvalue weighted by Gasteiger charge is 2.25. The first-order valence-corrected chi connectivity index (χ1v) is 8.89. The molecule has 3 aromatic rings. The number of fused-ring (bicyclic) bond motifs is 1. The molecule has 1 aromatic heterocycles. The van der Waals surface area contributed by atoms with Gasteiger partial charge < -0.3 is 15.6 Å². The Morgan fingerprint density at radius 1 is 1.04 bits per heavy atom. The molecule has 0 atom stereocenters. The van der Waals surface area contributed by atoms with Gasteiger partial charge in [0.2, 0.25) is 0 Å². The van der Waals surface area contributed by atoms with Crippen molar-refractivity contribution in [3.63, 3.8) is 0 Å². The molecule has 0 saturated heterocycles. The predicted molar refractivity (Wildman–Crippen MR) is 101 cm³/mol. The average Bonchev–Trinajstić information content (AvgIpc) is 3.31. The van der Waals surface area contributed by atoms with Crippen molar-refractivity contribution in [2.75, 3.05) is 5.32 Å². The van der Waals surface area contributed by atoms with Gasteiger partial charge in [-0.1, -0.05) is 28.1 Å². The number of aromatic nitrogens is 1. The summed E-state index contributed by atoms with van der Waals surface area (Å²) in [5, 5.41) is 6.73. The van der Waals surface area contributed by atoms with Gasteiger partial charge in [-0.2, -0.15) is 0 Å². The van der Waals surface area contributed by atoms with Crippen molar-refractivity contribution in [1.82, 2.24) is 10.3 Å². The number of carbonyl (C=O) groups excluding carboxylic acids is 2. The number of nitrogens with one attached hydrogen (secondary N) is 3. The van der Waals surface area contributed by atoms with Gasteiger partial charge in [-0.3, -0.25) is 9.59 Å². The number of H-pyrrole nitrogens is 1. The van der Waals surface area contributed by atoms with E-state index in [-0.39, 0.29) is 17.9 Å². The van der Waals surface area contributed by atoms with Crippen molar-refractivity contribution < 1.29 is 9.59 Å². The highest BCUT2D eigenvalue weighted by atomic mass is 79.9. The van der Waals surface area contributed by atoms with Crippen LogP contribution < -0.4 is 10.6 Å². The van der Waals surface area contributed by atoms with Gasteiger partial charge in [0.25, 0.3) is 11.8 Å². The fourth-order valence-electron chi connectivity index (χ4n) is 2.70. The molecule has 0 spiro atoms. The Morgan fingerprint density at radius 2 is 1.84 bits per heavy atom. The summed E-state index contributed by atoms with van der Waals surface area (Å²) < 4.78 is 0.952. The maximum Gasteiger partial charge on any atom is 0.272 e. The molecule has 2 amide bonds. The molecule has 4 rings (SSSR count). The standard InChI is InChI=1S/C19H16BrN3O2/c20-12-5-8-15-11(9-12)10-17(22-15)19(25)23-16-4-2-1-3-14(16)18(24)21-13-6-7-13/h1-5,8-10,13,22H,6-7H2,(H,21,24)(H,23,25). The Morgan fingerprint density at radius 3 is 2.64 bits per heavy atom. The lowest BCUT2D eigenvalue weighted by molar-refractivity contribution is 0.0952. The largest absolute Gasteiger partial charge is 0.351 e. The first kappa shape index (κ1) is 15.9. The van der Waals surface area contributed by atoms with Crippen molar-refractivity contribution in [2.45, 2.75) is 18.9 Å². The van der Waals surface area contributed by atoms with Gasteiger partial charge in [0, 0.05) is 21.4 Å². The van der Waals surface area contributed by atoms with E-state index in [9.17, 15) is 9.59 Å². The van der Waals surface area contributed by atoms with Crippen LogP contribution in [0.4, 0.5) is 5.69 Å². The highest BCUT2D eigenvalue weighted by Crippen LogP contribution is 2.23. The third-order valence-corrected chi connectivity index (χ3v) is 4.65. The predicted octanol–water partition coefficient (Wildman–Crippen LogP) is 4.07. The summed E-state index contributed by atoms with van der Waals surface area (Å²) in [7, 11) is 0. The van der Waals surface area contributed by atoms with Crippen LogP contribution in [0.15, 0.2) is 53.0 Å². The van der Waals surface area contributed by atoms with E-state index < -0.39 is 0 Å². The third-order valence-electron chi connectivity index (χ3n) is 4.16. The molecule has 1 aliphatic rings. The van der Waals surface area contributed by atoms with Crippen LogP contribution in [-0.4, -0.2) is 22.8 Å². The number of benzene rings is 2. The number of para-hydroxylation sites is 1. The number of hydrogen-bond donors (Lipinski definition) is 3. The van der Waals surface area contributed by atoms with Crippen molar-refractivity contribution in [3.8, 4) is 0 Å². The number of carbonyl (C=O) groups is 2. The lowest BCUT2D eigenvalue weighted by Gasteiger charge is -2.10. The Hall–Kier alpha value is -2.60. The van der Waals surface area contributed by atoms with Gasteiger partial charge in [-0.05, 0) is 49.2 Å². The Labute approximate surface area is 152 Å². The smallest absolute Gasteiger partial charge is 0.272 e. The van der Waals surface area contributed by atoms with E-state index in [2.05, 4.69) is 31.5 Å². The van der Waals surface area contributed by atoms with Crippen LogP contribution in [0.2, 0.25) is 0 Å². The van der Waals surface area contributed by atoms with Crippen molar-refractivity contribution in [2.24, 2.45) is 0 Å². The second-order valence-electron chi connectivity index (χ2n) is 6.16. The average molecular weight is 398 g/mol. The Balaban J connectivity index is 1.58. The van der Waals surface area contributed by atoms with E-state index in [4.69, 9.17) is 0 Å². The molecule has 0 bridgehead atoms. The third kappa shape index (κ3) is 3.44. The van der Waals surface area contributed by atoms with E-state index in [0.717, 1.165) is 28.2 Å². The summed E-state index contributed by atoms with van der Waals surface area (Å²) in [5.74, 6) is -0.432. The SMILES string of the molecule is O=C(Nc1ccccc1C(=O)NC1CC1)c1cc2cc(Br)ccc2[nH]1. The summed E-state index contributed by atoms with van der Waals surface area (Å²) in [5.41, 5.74) is 2.31. The molecule has 1 fully saturated rings. The fraction of sp³-hybridized carbons (Fsp3) is 0.158. The highest BCUT2D eigenvalue weighted by molar-refractivity contribution is 9.10. The first-order valence-electron chi connectivity index (χ1n) is 8.10. The van der Waals surface area contributed by atoms with Gasteiger partial charge in [-0.15, -0.1) is 0 Å². The van der Waals surface area contributed by atoms with Crippen LogP contribution in [0, 0.1) is 0 Å². The molecule has 1 saturated carbocycles. The van der Waals surface area contributed by atoms with Gasteiger partial charge in [0.15, 0.2) is 0 Å². The van der Waals surface area contributed by atoms with Crippen LogP contribution >= 0.6 is 15.9 Å². The van der Waals surface area contributed by atoms with E-state index in [1.165, 1.54) is 0 Å². The van der Waals surface area contributed by atoms with Gasteiger partial charge in [0.05, 0.1) is 11.3 Å². The van der Waals surface area contributed by atoms with Gasteiger partial charge in [-0.25, -0.2) is 0 Å². The molecule has 126 valence electrons.